The van der Waals surface area contributed by atoms with Gasteiger partial charge in [0.15, 0.2) is 5.58 Å². The highest BCUT2D eigenvalue weighted by Crippen LogP contribution is 2.40. The van der Waals surface area contributed by atoms with Crippen molar-refractivity contribution in [3.05, 3.63) is 194 Å². The average molecular weight is 681 g/mol. The highest BCUT2D eigenvalue weighted by molar-refractivity contribution is 6.09. The molecule has 0 aliphatic rings. The number of furan rings is 1. The molecule has 0 saturated carbocycles. The van der Waals surface area contributed by atoms with E-state index in [-0.39, 0.29) is 0 Å². The molecule has 10 aromatic rings. The first-order valence-corrected chi connectivity index (χ1v) is 17.8. The Hall–Kier alpha value is -7.17. The number of aromatic nitrogens is 1. The molecule has 53 heavy (non-hydrogen) atoms. The molecule has 0 amide bonds. The van der Waals surface area contributed by atoms with Crippen molar-refractivity contribution in [2.24, 2.45) is 0 Å². The molecule has 10 rings (SSSR count). The van der Waals surface area contributed by atoms with Crippen molar-refractivity contribution >= 4 is 50.1 Å². The fourth-order valence-electron chi connectivity index (χ4n) is 7.30. The zero-order chi connectivity index (χ0) is 35.1. The van der Waals surface area contributed by atoms with E-state index < -0.39 is 0 Å². The van der Waals surface area contributed by atoms with Crippen LogP contribution in [-0.4, -0.2) is 4.98 Å². The lowest BCUT2D eigenvalue weighted by Gasteiger charge is -2.26. The molecule has 0 aliphatic carbocycles. The number of hydrogen-bond acceptors (Lipinski definition) is 4. The lowest BCUT2D eigenvalue weighted by molar-refractivity contribution is 0.620. The summed E-state index contributed by atoms with van der Waals surface area (Å²) < 4.78 is 12.6. The molecule has 0 saturated heterocycles. The second-order valence-corrected chi connectivity index (χ2v) is 13.2. The van der Waals surface area contributed by atoms with Crippen molar-refractivity contribution in [2.45, 2.75) is 0 Å². The van der Waals surface area contributed by atoms with E-state index in [0.717, 1.165) is 66.8 Å². The average Bonchev–Trinajstić information content (AvgIpc) is 3.82. The van der Waals surface area contributed by atoms with Gasteiger partial charge in [-0.1, -0.05) is 121 Å². The van der Waals surface area contributed by atoms with Crippen molar-refractivity contribution in [3.63, 3.8) is 0 Å². The quantitative estimate of drug-likeness (QED) is 0.168. The summed E-state index contributed by atoms with van der Waals surface area (Å²) in [7, 11) is 0. The van der Waals surface area contributed by atoms with Gasteiger partial charge in [-0.3, -0.25) is 0 Å². The molecular weight excluding hydrogens is 649 g/mol. The number of oxazole rings is 1. The Morgan fingerprint density at radius 1 is 0.340 bits per heavy atom. The number of anilines is 3. The summed E-state index contributed by atoms with van der Waals surface area (Å²) in [4.78, 5) is 7.03. The number of fused-ring (bicyclic) bond motifs is 4. The maximum absolute atomic E-state index is 6.40. The van der Waals surface area contributed by atoms with E-state index in [4.69, 9.17) is 13.8 Å². The van der Waals surface area contributed by atoms with Crippen molar-refractivity contribution in [1.29, 1.82) is 0 Å². The standard InChI is InChI=1S/C49H32N2O2/c1-4-12-34(13-5-1)41-18-10-11-19-42(41)35-22-27-40(28-23-35)51(38-16-8-3-9-17-38)39-25-20-33(21-26-39)37-24-29-43-44-31-48-45(32-47(44)52-46(43)30-37)50-49(53-48)36-14-6-2-7-15-36/h1-32H. The van der Waals surface area contributed by atoms with Gasteiger partial charge in [-0.25, -0.2) is 4.98 Å². The monoisotopic (exact) mass is 680 g/mol. The molecule has 0 unspecified atom stereocenters. The number of para-hydroxylation sites is 1. The van der Waals surface area contributed by atoms with Crippen LogP contribution in [0.3, 0.4) is 0 Å². The first-order valence-electron chi connectivity index (χ1n) is 17.8. The summed E-state index contributed by atoms with van der Waals surface area (Å²) in [5.41, 5.74) is 14.4. The fraction of sp³-hybridized carbons (Fsp3) is 0. The van der Waals surface area contributed by atoms with E-state index in [1.54, 1.807) is 0 Å². The van der Waals surface area contributed by atoms with Crippen LogP contribution < -0.4 is 4.90 Å². The molecule has 0 spiro atoms. The highest BCUT2D eigenvalue weighted by Gasteiger charge is 2.16. The molecular formula is C49H32N2O2. The van der Waals surface area contributed by atoms with Crippen LogP contribution in [0.15, 0.2) is 203 Å². The minimum Gasteiger partial charge on any atom is -0.456 e. The van der Waals surface area contributed by atoms with E-state index in [2.05, 4.69) is 157 Å². The van der Waals surface area contributed by atoms with E-state index in [1.807, 2.05) is 42.5 Å². The minimum atomic E-state index is 0.607. The molecule has 4 heteroatoms. The lowest BCUT2D eigenvalue weighted by atomic mass is 9.94. The largest absolute Gasteiger partial charge is 0.456 e. The molecule has 0 N–H and O–H groups in total. The normalized spacial score (nSPS) is 11.4. The summed E-state index contributed by atoms with van der Waals surface area (Å²) in [6.45, 7) is 0. The van der Waals surface area contributed by atoms with Crippen LogP contribution in [0, 0.1) is 0 Å². The zero-order valence-corrected chi connectivity index (χ0v) is 28.7. The van der Waals surface area contributed by atoms with Crippen molar-refractivity contribution < 1.29 is 8.83 Å². The van der Waals surface area contributed by atoms with Crippen LogP contribution >= 0.6 is 0 Å². The maximum Gasteiger partial charge on any atom is 0.227 e. The number of rotatable bonds is 7. The Labute approximate surface area is 306 Å². The zero-order valence-electron chi connectivity index (χ0n) is 28.7. The van der Waals surface area contributed by atoms with Crippen LogP contribution in [0.25, 0.3) is 77.9 Å². The second kappa shape index (κ2) is 12.9. The van der Waals surface area contributed by atoms with Gasteiger partial charge in [-0.2, -0.15) is 0 Å². The third-order valence-corrected chi connectivity index (χ3v) is 9.92. The van der Waals surface area contributed by atoms with E-state index >= 15 is 0 Å². The van der Waals surface area contributed by atoms with Gasteiger partial charge in [0.25, 0.3) is 0 Å². The fourth-order valence-corrected chi connectivity index (χ4v) is 7.30. The molecule has 250 valence electrons. The summed E-state index contributed by atoms with van der Waals surface area (Å²) >= 11 is 0. The van der Waals surface area contributed by atoms with Gasteiger partial charge in [0.05, 0.1) is 0 Å². The Balaban J connectivity index is 0.966. The molecule has 0 atom stereocenters. The van der Waals surface area contributed by atoms with E-state index in [1.165, 1.54) is 22.3 Å². The third-order valence-electron chi connectivity index (χ3n) is 9.92. The molecule has 2 heterocycles. The minimum absolute atomic E-state index is 0.607. The van der Waals surface area contributed by atoms with Gasteiger partial charge < -0.3 is 13.7 Å². The maximum atomic E-state index is 6.40. The van der Waals surface area contributed by atoms with Gasteiger partial charge in [-0.15, -0.1) is 0 Å². The van der Waals surface area contributed by atoms with Crippen LogP contribution in [0.2, 0.25) is 0 Å². The summed E-state index contributed by atoms with van der Waals surface area (Å²) in [6, 6.07) is 67.7. The van der Waals surface area contributed by atoms with Crippen LogP contribution in [0.5, 0.6) is 0 Å². The SMILES string of the molecule is c1ccc(-c2nc3cc4oc5cc(-c6ccc(N(c7ccccc7)c7ccc(-c8ccccc8-c8ccccc8)cc7)cc6)ccc5c4cc3o2)cc1. The van der Waals surface area contributed by atoms with Crippen molar-refractivity contribution in [2.75, 3.05) is 4.90 Å². The third kappa shape index (κ3) is 5.63. The van der Waals surface area contributed by atoms with E-state index in [0.29, 0.717) is 5.89 Å². The predicted octanol–water partition coefficient (Wildman–Crippen LogP) is 13.9. The van der Waals surface area contributed by atoms with Gasteiger partial charge in [-0.05, 0) is 100 Å². The predicted molar refractivity (Wildman–Crippen MR) is 218 cm³/mol. The van der Waals surface area contributed by atoms with Gasteiger partial charge in [0, 0.05) is 39.5 Å². The van der Waals surface area contributed by atoms with Crippen molar-refractivity contribution in [1.82, 2.24) is 4.98 Å². The first-order chi connectivity index (χ1) is 26.2. The first kappa shape index (κ1) is 30.6. The number of nitrogens with zero attached hydrogens (tertiary/aromatic N) is 2. The Kier molecular flexibility index (Phi) is 7.43. The molecule has 0 aliphatic heterocycles. The molecule has 0 fully saturated rings. The van der Waals surface area contributed by atoms with Crippen LogP contribution in [0.1, 0.15) is 0 Å². The highest BCUT2D eigenvalue weighted by atomic mass is 16.4. The molecule has 2 aromatic heterocycles. The number of benzene rings is 8. The smallest absolute Gasteiger partial charge is 0.227 e. The topological polar surface area (TPSA) is 42.4 Å². The number of hydrogen-bond donors (Lipinski definition) is 0. The lowest BCUT2D eigenvalue weighted by Crippen LogP contribution is -2.09. The molecule has 4 nitrogen and oxygen atoms in total. The Bertz CT molecular complexity index is 2860. The van der Waals surface area contributed by atoms with Crippen LogP contribution in [-0.2, 0) is 0 Å². The molecule has 0 bridgehead atoms. The molecule has 8 aromatic carbocycles. The summed E-state index contributed by atoms with van der Waals surface area (Å²) in [5.74, 6) is 0.607. The molecule has 0 radical (unpaired) electrons. The summed E-state index contributed by atoms with van der Waals surface area (Å²) in [5, 5.41) is 2.06. The van der Waals surface area contributed by atoms with Crippen LogP contribution in [0.4, 0.5) is 17.1 Å². The second-order valence-electron chi connectivity index (χ2n) is 13.2. The van der Waals surface area contributed by atoms with E-state index in [9.17, 15) is 0 Å². The van der Waals surface area contributed by atoms with Gasteiger partial charge in [0.2, 0.25) is 5.89 Å². The summed E-state index contributed by atoms with van der Waals surface area (Å²) in [6.07, 6.45) is 0. The Morgan fingerprint density at radius 3 is 1.51 bits per heavy atom. The van der Waals surface area contributed by atoms with Gasteiger partial charge in [0.1, 0.15) is 16.7 Å². The van der Waals surface area contributed by atoms with Gasteiger partial charge >= 0.3 is 0 Å². The Morgan fingerprint density at radius 2 is 0.849 bits per heavy atom. The van der Waals surface area contributed by atoms with Crippen molar-refractivity contribution in [3.8, 4) is 44.8 Å².